The third kappa shape index (κ3) is 3.17. The summed E-state index contributed by atoms with van der Waals surface area (Å²) in [5, 5.41) is 21.0. The molecule has 0 fully saturated rings. The zero-order valence-electron chi connectivity index (χ0n) is 18.6. The van der Waals surface area contributed by atoms with E-state index < -0.39 is 5.41 Å². The second-order valence-electron chi connectivity index (χ2n) is 8.89. The molecule has 5 rings (SSSR count). The molecular formula is C31H28O2. The van der Waals surface area contributed by atoms with Gasteiger partial charge in [-0.2, -0.15) is 0 Å². The van der Waals surface area contributed by atoms with Gasteiger partial charge >= 0.3 is 0 Å². The van der Waals surface area contributed by atoms with Crippen LogP contribution in [0.25, 0.3) is 0 Å². The Labute approximate surface area is 195 Å². The van der Waals surface area contributed by atoms with Crippen LogP contribution in [0.15, 0.2) is 110 Å². The summed E-state index contributed by atoms with van der Waals surface area (Å²) in [6, 6.07) is 20.6. The summed E-state index contributed by atoms with van der Waals surface area (Å²) in [4.78, 5) is 0. The van der Waals surface area contributed by atoms with Crippen molar-refractivity contribution in [2.45, 2.75) is 24.2 Å². The van der Waals surface area contributed by atoms with E-state index in [9.17, 15) is 10.2 Å². The van der Waals surface area contributed by atoms with Crippen LogP contribution in [-0.2, 0) is 18.3 Å². The van der Waals surface area contributed by atoms with E-state index >= 15 is 0 Å². The van der Waals surface area contributed by atoms with E-state index in [2.05, 4.69) is 73.9 Å². The molecule has 0 heterocycles. The molecular weight excluding hydrogens is 404 g/mol. The molecule has 164 valence electrons. The van der Waals surface area contributed by atoms with Crippen molar-refractivity contribution < 1.29 is 10.2 Å². The molecule has 0 radical (unpaired) electrons. The Hall–Kier alpha value is -3.78. The van der Waals surface area contributed by atoms with E-state index in [1.54, 1.807) is 12.1 Å². The van der Waals surface area contributed by atoms with Gasteiger partial charge in [-0.25, -0.2) is 0 Å². The summed E-state index contributed by atoms with van der Waals surface area (Å²) in [6.45, 7) is 7.75. The third-order valence-corrected chi connectivity index (χ3v) is 7.18. The first-order chi connectivity index (χ1) is 16.1. The number of benzene rings is 3. The fraction of sp³-hybridized carbons (Fsp3) is 0.161. The van der Waals surface area contributed by atoms with E-state index in [-0.39, 0.29) is 23.3 Å². The molecule has 2 heteroatoms. The van der Waals surface area contributed by atoms with Crippen molar-refractivity contribution >= 4 is 0 Å². The minimum atomic E-state index is -0.463. The van der Waals surface area contributed by atoms with Gasteiger partial charge in [0.25, 0.3) is 0 Å². The lowest BCUT2D eigenvalue weighted by Gasteiger charge is -2.39. The molecule has 2 N–H and O–H groups in total. The minimum Gasteiger partial charge on any atom is -0.508 e. The van der Waals surface area contributed by atoms with Gasteiger partial charge < -0.3 is 10.2 Å². The molecule has 0 spiro atoms. The number of rotatable bonds is 6. The van der Waals surface area contributed by atoms with E-state index in [0.29, 0.717) is 12.8 Å². The van der Waals surface area contributed by atoms with Crippen LogP contribution in [0.3, 0.4) is 0 Å². The number of allylic oxidation sites excluding steroid dienone is 6. The molecule has 3 aromatic carbocycles. The first-order valence-corrected chi connectivity index (χ1v) is 11.4. The number of hydrogen-bond donors (Lipinski definition) is 2. The molecule has 33 heavy (non-hydrogen) atoms. The van der Waals surface area contributed by atoms with Crippen molar-refractivity contribution in [2.75, 3.05) is 0 Å². The predicted molar refractivity (Wildman–Crippen MR) is 135 cm³/mol. The smallest absolute Gasteiger partial charge is 0.119 e. The zero-order chi connectivity index (χ0) is 23.0. The molecule has 0 aliphatic heterocycles. The molecule has 0 bridgehead atoms. The highest BCUT2D eigenvalue weighted by Gasteiger charge is 2.53. The number of fused-ring (bicyclic) bond motifs is 3. The van der Waals surface area contributed by atoms with Gasteiger partial charge in [0.1, 0.15) is 11.5 Å². The highest BCUT2D eigenvalue weighted by molar-refractivity contribution is 5.64. The van der Waals surface area contributed by atoms with Crippen LogP contribution >= 0.6 is 0 Å². The summed E-state index contributed by atoms with van der Waals surface area (Å²) in [7, 11) is 0. The largest absolute Gasteiger partial charge is 0.508 e. The maximum absolute atomic E-state index is 10.5. The lowest BCUT2D eigenvalue weighted by Crippen LogP contribution is -2.35. The van der Waals surface area contributed by atoms with Crippen molar-refractivity contribution in [3.8, 4) is 11.5 Å². The summed E-state index contributed by atoms with van der Waals surface area (Å²) in [5.41, 5.74) is 6.11. The Bertz CT molecular complexity index is 1230. The Balaban J connectivity index is 1.87. The summed E-state index contributed by atoms with van der Waals surface area (Å²) < 4.78 is 0. The van der Waals surface area contributed by atoms with Crippen molar-refractivity contribution in [3.63, 3.8) is 0 Å². The van der Waals surface area contributed by atoms with Crippen molar-refractivity contribution in [1.29, 1.82) is 0 Å². The minimum absolute atomic E-state index is 0.169. The molecule has 0 saturated heterocycles. The van der Waals surface area contributed by atoms with Gasteiger partial charge in [-0.15, -0.1) is 13.2 Å². The van der Waals surface area contributed by atoms with Gasteiger partial charge in [-0.1, -0.05) is 85.0 Å². The van der Waals surface area contributed by atoms with E-state index in [1.807, 2.05) is 24.3 Å². The van der Waals surface area contributed by atoms with Crippen LogP contribution in [0, 0.1) is 5.92 Å². The van der Waals surface area contributed by atoms with Gasteiger partial charge in [-0.05, 0) is 58.4 Å². The molecule has 2 aliphatic carbocycles. The lowest BCUT2D eigenvalue weighted by atomic mass is 9.62. The van der Waals surface area contributed by atoms with Crippen molar-refractivity contribution in [2.24, 2.45) is 5.92 Å². The monoisotopic (exact) mass is 432 g/mol. The van der Waals surface area contributed by atoms with Gasteiger partial charge in [-0.3, -0.25) is 0 Å². The molecule has 0 amide bonds. The number of aromatic hydroxyl groups is 2. The first kappa shape index (κ1) is 21.1. The van der Waals surface area contributed by atoms with Gasteiger partial charge in [0.2, 0.25) is 0 Å². The number of phenols is 2. The molecule has 3 aromatic rings. The Morgan fingerprint density at radius 3 is 1.94 bits per heavy atom. The maximum atomic E-state index is 10.5. The summed E-state index contributed by atoms with van der Waals surface area (Å²) >= 11 is 0. The molecule has 2 aliphatic rings. The second kappa shape index (κ2) is 8.29. The second-order valence-corrected chi connectivity index (χ2v) is 8.89. The average Bonchev–Trinajstić information content (AvgIpc) is 3.14. The third-order valence-electron chi connectivity index (χ3n) is 7.18. The standard InChI is InChI=1S/C31H28O2/c1-3-9-21-19-23(15-17-29(21)32)31(24-16-18-30(33)22(20-24)10-4-2)27-13-7-5-11-25(27)26-12-6-8-14-28(26)31/h3-8,11-20,25,27,32-33H,1-2,9-10H2. The molecule has 0 aromatic heterocycles. The van der Waals surface area contributed by atoms with Crippen molar-refractivity contribution in [1.82, 2.24) is 0 Å². The highest BCUT2D eigenvalue weighted by Crippen LogP contribution is 2.59. The fourth-order valence-electron chi connectivity index (χ4n) is 5.81. The van der Waals surface area contributed by atoms with Crippen molar-refractivity contribution in [3.05, 3.63) is 144 Å². The quantitative estimate of drug-likeness (QED) is 0.424. The van der Waals surface area contributed by atoms with Crippen LogP contribution in [0.1, 0.15) is 39.3 Å². The average molecular weight is 433 g/mol. The van der Waals surface area contributed by atoms with Crippen LogP contribution < -0.4 is 0 Å². The van der Waals surface area contributed by atoms with Crippen LogP contribution in [0.5, 0.6) is 11.5 Å². The Kier molecular flexibility index (Phi) is 5.30. The maximum Gasteiger partial charge on any atom is 0.119 e. The molecule has 2 unspecified atom stereocenters. The van der Waals surface area contributed by atoms with E-state index in [1.165, 1.54) is 11.1 Å². The highest BCUT2D eigenvalue weighted by atomic mass is 16.3. The normalized spacial score (nSPS) is 19.6. The molecule has 2 nitrogen and oxygen atoms in total. The van der Waals surface area contributed by atoms with E-state index in [0.717, 1.165) is 22.3 Å². The topological polar surface area (TPSA) is 40.5 Å². The van der Waals surface area contributed by atoms with Gasteiger partial charge in [0.15, 0.2) is 0 Å². The summed E-state index contributed by atoms with van der Waals surface area (Å²) in [6.07, 6.45) is 13.7. The predicted octanol–water partition coefficient (Wildman–Crippen LogP) is 6.73. The van der Waals surface area contributed by atoms with E-state index in [4.69, 9.17) is 0 Å². The SMILES string of the molecule is C=CCc1cc(C2(c3ccc(O)c(CC=C)c3)c3ccccc3C3C=CC=CC32)ccc1O. The molecule has 2 atom stereocenters. The van der Waals surface area contributed by atoms with Crippen LogP contribution in [0.4, 0.5) is 0 Å². The van der Waals surface area contributed by atoms with Gasteiger partial charge in [0.05, 0.1) is 5.41 Å². The van der Waals surface area contributed by atoms with Crippen LogP contribution in [0.2, 0.25) is 0 Å². The summed E-state index contributed by atoms with van der Waals surface area (Å²) in [5.74, 6) is 0.990. The lowest BCUT2D eigenvalue weighted by molar-refractivity contribution is 0.446. The first-order valence-electron chi connectivity index (χ1n) is 11.4. The molecule has 0 saturated carbocycles. The Morgan fingerprint density at radius 2 is 1.33 bits per heavy atom. The number of hydrogen-bond acceptors (Lipinski definition) is 2. The van der Waals surface area contributed by atoms with Crippen LogP contribution in [-0.4, -0.2) is 10.2 Å². The fourth-order valence-corrected chi connectivity index (χ4v) is 5.81. The number of phenolic OH excluding ortho intramolecular Hbond substituents is 2. The Morgan fingerprint density at radius 1 is 0.758 bits per heavy atom. The van der Waals surface area contributed by atoms with Gasteiger partial charge in [0, 0.05) is 11.8 Å². The zero-order valence-corrected chi connectivity index (χ0v) is 18.6.